The van der Waals surface area contributed by atoms with Gasteiger partial charge in [-0.1, -0.05) is 13.8 Å². The Morgan fingerprint density at radius 3 is 2.57 bits per heavy atom. The minimum absolute atomic E-state index is 0.0789. The Hall–Kier alpha value is -0.590. The van der Waals surface area contributed by atoms with Gasteiger partial charge >= 0.3 is 0 Å². The Morgan fingerprint density at radius 1 is 1.43 bits per heavy atom. The lowest BCUT2D eigenvalue weighted by atomic mass is 9.76. The molecule has 0 aromatic heterocycles. The lowest BCUT2D eigenvalue weighted by molar-refractivity contribution is 0.164. The van der Waals surface area contributed by atoms with E-state index in [0.717, 1.165) is 25.8 Å². The third-order valence-corrected chi connectivity index (χ3v) is 3.43. The van der Waals surface area contributed by atoms with Crippen molar-refractivity contribution in [2.75, 3.05) is 20.3 Å². The predicted molar refractivity (Wildman–Crippen MR) is 55.9 cm³/mol. The summed E-state index contributed by atoms with van der Waals surface area (Å²) < 4.78 is 4.99. The fourth-order valence-electron chi connectivity index (χ4n) is 2.29. The molecule has 80 valence electrons. The zero-order valence-electron chi connectivity index (χ0n) is 9.39. The Morgan fingerprint density at radius 2 is 2.14 bits per heavy atom. The minimum Gasteiger partial charge on any atom is -0.383 e. The molecule has 1 unspecified atom stereocenters. The summed E-state index contributed by atoms with van der Waals surface area (Å²) in [6, 6.07) is 2.46. The van der Waals surface area contributed by atoms with E-state index in [2.05, 4.69) is 25.2 Å². The van der Waals surface area contributed by atoms with Gasteiger partial charge in [-0.2, -0.15) is 5.26 Å². The highest BCUT2D eigenvalue weighted by Gasteiger charge is 2.48. The molecule has 1 rings (SSSR count). The normalized spacial score (nSPS) is 30.1. The van der Waals surface area contributed by atoms with Crippen LogP contribution in [0.15, 0.2) is 0 Å². The molecule has 0 heterocycles. The van der Waals surface area contributed by atoms with Crippen LogP contribution in [0.5, 0.6) is 0 Å². The second kappa shape index (κ2) is 4.29. The smallest absolute Gasteiger partial charge is 0.111 e. The second-order valence-electron chi connectivity index (χ2n) is 4.67. The number of ether oxygens (including phenoxy) is 1. The van der Waals surface area contributed by atoms with Crippen LogP contribution in [0.25, 0.3) is 0 Å². The molecule has 1 aliphatic rings. The summed E-state index contributed by atoms with van der Waals surface area (Å²) in [4.78, 5) is 0. The number of hydrogen-bond acceptors (Lipinski definition) is 3. The van der Waals surface area contributed by atoms with Crippen molar-refractivity contribution < 1.29 is 4.74 Å². The summed E-state index contributed by atoms with van der Waals surface area (Å²) in [6.45, 7) is 5.76. The Bertz CT molecular complexity index is 232. The van der Waals surface area contributed by atoms with E-state index in [0.29, 0.717) is 6.61 Å². The Labute approximate surface area is 86.4 Å². The largest absolute Gasteiger partial charge is 0.383 e. The summed E-state index contributed by atoms with van der Waals surface area (Å²) in [7, 11) is 1.68. The number of hydrogen-bond donors (Lipinski definition) is 1. The van der Waals surface area contributed by atoms with E-state index < -0.39 is 0 Å². The van der Waals surface area contributed by atoms with Gasteiger partial charge in [-0.15, -0.1) is 0 Å². The molecule has 1 saturated carbocycles. The molecular weight excluding hydrogens is 176 g/mol. The number of methoxy groups -OCH3 is 1. The van der Waals surface area contributed by atoms with Crippen LogP contribution in [0.4, 0.5) is 0 Å². The molecule has 3 heteroatoms. The highest BCUT2D eigenvalue weighted by Crippen LogP contribution is 2.45. The van der Waals surface area contributed by atoms with Crippen LogP contribution < -0.4 is 5.32 Å². The van der Waals surface area contributed by atoms with Crippen molar-refractivity contribution in [3.05, 3.63) is 0 Å². The molecule has 3 nitrogen and oxygen atoms in total. The number of nitriles is 1. The quantitative estimate of drug-likeness (QED) is 0.696. The zero-order valence-corrected chi connectivity index (χ0v) is 9.39. The molecule has 0 spiro atoms. The van der Waals surface area contributed by atoms with E-state index >= 15 is 0 Å². The van der Waals surface area contributed by atoms with Crippen molar-refractivity contribution in [2.45, 2.75) is 38.6 Å². The molecule has 0 aliphatic heterocycles. The first-order valence-electron chi connectivity index (χ1n) is 5.23. The number of nitrogens with one attached hydrogen (secondary N) is 1. The predicted octanol–water partition coefficient (Wildman–Crippen LogP) is 1.69. The molecule has 1 aliphatic carbocycles. The molecule has 0 radical (unpaired) electrons. The maximum Gasteiger partial charge on any atom is 0.111 e. The van der Waals surface area contributed by atoms with Crippen LogP contribution in [0, 0.1) is 16.7 Å². The molecule has 1 atom stereocenters. The average Bonchev–Trinajstić information content (AvgIpc) is 2.43. The maximum atomic E-state index is 9.30. The van der Waals surface area contributed by atoms with Crippen LogP contribution in [0.1, 0.15) is 33.1 Å². The Kier molecular flexibility index (Phi) is 3.52. The van der Waals surface area contributed by atoms with Crippen LogP contribution in [0.2, 0.25) is 0 Å². The van der Waals surface area contributed by atoms with Crippen LogP contribution in [0.3, 0.4) is 0 Å². The van der Waals surface area contributed by atoms with Gasteiger partial charge in [0.1, 0.15) is 5.54 Å². The van der Waals surface area contributed by atoms with Gasteiger partial charge in [0.2, 0.25) is 0 Å². The SMILES string of the molecule is COCCNC1(C#N)CCCC1(C)C. The first kappa shape index (κ1) is 11.5. The molecule has 1 N–H and O–H groups in total. The summed E-state index contributed by atoms with van der Waals surface area (Å²) in [5, 5.41) is 12.6. The van der Waals surface area contributed by atoms with Gasteiger partial charge in [0.15, 0.2) is 0 Å². The van der Waals surface area contributed by atoms with Crippen LogP contribution in [-0.2, 0) is 4.74 Å². The van der Waals surface area contributed by atoms with Crippen LogP contribution >= 0.6 is 0 Å². The van der Waals surface area contributed by atoms with Crippen molar-refractivity contribution >= 4 is 0 Å². The van der Waals surface area contributed by atoms with E-state index in [1.165, 1.54) is 0 Å². The standard InChI is InChI=1S/C11H20N2O/c1-10(2)5-4-6-11(10,9-12)13-7-8-14-3/h13H,4-8H2,1-3H3. The fourth-order valence-corrected chi connectivity index (χ4v) is 2.29. The first-order chi connectivity index (χ1) is 6.58. The Balaban J connectivity index is 2.63. The lowest BCUT2D eigenvalue weighted by Gasteiger charge is -2.36. The topological polar surface area (TPSA) is 45.0 Å². The van der Waals surface area contributed by atoms with Gasteiger partial charge < -0.3 is 4.74 Å². The van der Waals surface area contributed by atoms with Gasteiger partial charge in [-0.3, -0.25) is 5.32 Å². The van der Waals surface area contributed by atoms with E-state index in [-0.39, 0.29) is 11.0 Å². The highest BCUT2D eigenvalue weighted by molar-refractivity contribution is 5.18. The van der Waals surface area contributed by atoms with Crippen LogP contribution in [-0.4, -0.2) is 25.8 Å². The lowest BCUT2D eigenvalue weighted by Crippen LogP contribution is -2.52. The van der Waals surface area contributed by atoms with Crippen molar-refractivity contribution in [1.82, 2.24) is 5.32 Å². The molecule has 0 aromatic rings. The molecule has 14 heavy (non-hydrogen) atoms. The van der Waals surface area contributed by atoms with Gasteiger partial charge in [0.05, 0.1) is 12.7 Å². The zero-order chi connectivity index (χ0) is 10.7. The molecular formula is C11H20N2O. The van der Waals surface area contributed by atoms with Gasteiger partial charge in [-0.05, 0) is 24.7 Å². The fraction of sp³-hybridized carbons (Fsp3) is 0.909. The summed E-state index contributed by atoms with van der Waals surface area (Å²) in [5.74, 6) is 0. The molecule has 0 amide bonds. The minimum atomic E-state index is -0.342. The van der Waals surface area contributed by atoms with E-state index in [4.69, 9.17) is 4.74 Å². The molecule has 0 saturated heterocycles. The summed E-state index contributed by atoms with van der Waals surface area (Å²) in [5.41, 5.74) is -0.263. The van der Waals surface area contributed by atoms with E-state index in [9.17, 15) is 5.26 Å². The van der Waals surface area contributed by atoms with Gasteiger partial charge in [0.25, 0.3) is 0 Å². The third-order valence-electron chi connectivity index (χ3n) is 3.43. The molecule has 1 fully saturated rings. The average molecular weight is 196 g/mol. The number of nitrogens with zero attached hydrogens (tertiary/aromatic N) is 1. The highest BCUT2D eigenvalue weighted by atomic mass is 16.5. The van der Waals surface area contributed by atoms with Crippen molar-refractivity contribution in [3.63, 3.8) is 0 Å². The van der Waals surface area contributed by atoms with Crippen molar-refractivity contribution in [2.24, 2.45) is 5.41 Å². The number of rotatable bonds is 4. The van der Waals surface area contributed by atoms with Crippen molar-refractivity contribution in [1.29, 1.82) is 5.26 Å². The van der Waals surface area contributed by atoms with Gasteiger partial charge in [-0.25, -0.2) is 0 Å². The third kappa shape index (κ3) is 1.92. The molecule has 0 bridgehead atoms. The summed E-state index contributed by atoms with van der Waals surface area (Å²) >= 11 is 0. The molecule has 0 aromatic carbocycles. The summed E-state index contributed by atoms with van der Waals surface area (Å²) in [6.07, 6.45) is 3.22. The second-order valence-corrected chi connectivity index (χ2v) is 4.67. The first-order valence-corrected chi connectivity index (χ1v) is 5.23. The van der Waals surface area contributed by atoms with Crippen molar-refractivity contribution in [3.8, 4) is 6.07 Å². The maximum absolute atomic E-state index is 9.30. The van der Waals surface area contributed by atoms with E-state index in [1.54, 1.807) is 7.11 Å². The monoisotopic (exact) mass is 196 g/mol. The van der Waals surface area contributed by atoms with Gasteiger partial charge in [0, 0.05) is 13.7 Å². The van der Waals surface area contributed by atoms with E-state index in [1.807, 2.05) is 0 Å².